The summed E-state index contributed by atoms with van der Waals surface area (Å²) >= 11 is 0. The van der Waals surface area contributed by atoms with Crippen LogP contribution < -0.4 is 14.4 Å². The average molecular weight is 516 g/mol. The molecule has 5 rings (SSSR count). The minimum atomic E-state index is -0.737. The molecule has 0 spiro atoms. The van der Waals surface area contributed by atoms with Crippen molar-refractivity contribution in [2.75, 3.05) is 4.90 Å². The third kappa shape index (κ3) is 4.88. The molecule has 0 radical (unpaired) electrons. The summed E-state index contributed by atoms with van der Waals surface area (Å²) in [5, 5.41) is 0. The van der Waals surface area contributed by atoms with Gasteiger partial charge < -0.3 is 14.4 Å². The number of carbonyl (C=O) groups is 3. The van der Waals surface area contributed by atoms with E-state index in [1.54, 1.807) is 6.07 Å². The third-order valence-corrected chi connectivity index (χ3v) is 6.45. The Labute approximate surface area is 226 Å². The number of carbonyl (C=O) groups excluding carboxylic acids is 3. The maximum atomic E-state index is 13.7. The van der Waals surface area contributed by atoms with Crippen molar-refractivity contribution in [1.82, 2.24) is 0 Å². The Bertz CT molecular complexity index is 1600. The molecule has 1 aliphatic rings. The molecule has 4 aromatic carbocycles. The van der Waals surface area contributed by atoms with Gasteiger partial charge in [0.2, 0.25) is 0 Å². The number of hydrogen-bond acceptors (Lipinski definition) is 6. The topological polar surface area (TPSA) is 72.9 Å². The quantitative estimate of drug-likeness (QED) is 0.130. The molecule has 0 heterocycles. The van der Waals surface area contributed by atoms with Crippen molar-refractivity contribution in [2.45, 2.75) is 13.8 Å². The number of hydrogen-bond donors (Lipinski definition) is 0. The number of fused-ring (bicyclic) bond motifs is 3. The molecule has 0 amide bonds. The number of anilines is 3. The summed E-state index contributed by atoms with van der Waals surface area (Å²) in [5.41, 5.74) is 6.72. The second-order valence-corrected chi connectivity index (χ2v) is 9.16. The molecule has 4 aromatic rings. The minimum Gasteiger partial charge on any atom is -0.423 e. The van der Waals surface area contributed by atoms with Gasteiger partial charge >= 0.3 is 11.9 Å². The smallest absolute Gasteiger partial charge is 0.335 e. The molecule has 6 nitrogen and oxygen atoms in total. The number of rotatable bonds is 7. The van der Waals surface area contributed by atoms with E-state index >= 15 is 0 Å². The van der Waals surface area contributed by atoms with E-state index in [0.717, 1.165) is 40.3 Å². The second kappa shape index (κ2) is 10.3. The first-order valence-electron chi connectivity index (χ1n) is 12.3. The third-order valence-electron chi connectivity index (χ3n) is 6.45. The molecular weight excluding hydrogens is 490 g/mol. The van der Waals surface area contributed by atoms with Crippen LogP contribution in [0.3, 0.4) is 0 Å². The van der Waals surface area contributed by atoms with Crippen molar-refractivity contribution in [3.05, 3.63) is 126 Å². The lowest BCUT2D eigenvalue weighted by Gasteiger charge is -2.26. The zero-order valence-corrected chi connectivity index (χ0v) is 21.6. The summed E-state index contributed by atoms with van der Waals surface area (Å²) in [7, 11) is 0. The number of nitrogens with zero attached hydrogens (tertiary/aromatic N) is 1. The van der Waals surface area contributed by atoms with E-state index in [4.69, 9.17) is 9.47 Å². The summed E-state index contributed by atoms with van der Waals surface area (Å²) in [5.74, 6) is -1.61. The van der Waals surface area contributed by atoms with E-state index in [1.165, 1.54) is 6.07 Å². The van der Waals surface area contributed by atoms with Crippen molar-refractivity contribution in [1.29, 1.82) is 0 Å². The van der Waals surface area contributed by atoms with Crippen molar-refractivity contribution >= 4 is 34.8 Å². The van der Waals surface area contributed by atoms with Crippen LogP contribution in [0, 0.1) is 13.8 Å². The lowest BCUT2D eigenvalue weighted by molar-refractivity contribution is -0.129. The van der Waals surface area contributed by atoms with Gasteiger partial charge in [-0.3, -0.25) is 4.79 Å². The highest BCUT2D eigenvalue weighted by Gasteiger charge is 2.33. The van der Waals surface area contributed by atoms with E-state index < -0.39 is 11.9 Å². The van der Waals surface area contributed by atoms with Gasteiger partial charge in [-0.05, 0) is 61.9 Å². The standard InChI is InChI=1S/C33H25NO5/c1-5-30(35)38-25-18-27-26-16-15-24(17-28(26)33(37)32(27)29(19-25)39-31(36)6-2)34(22-11-7-20(3)8-12-22)23-13-9-21(4)10-14-23/h5-19H,1-2H2,3-4H3. The molecule has 1 aliphatic carbocycles. The van der Waals surface area contributed by atoms with Crippen LogP contribution in [0.25, 0.3) is 11.1 Å². The van der Waals surface area contributed by atoms with Gasteiger partial charge in [-0.1, -0.05) is 54.6 Å². The fraction of sp³-hybridized carbons (Fsp3) is 0.0606. The normalized spacial score (nSPS) is 11.3. The number of ether oxygens (including phenoxy) is 2. The Morgan fingerprint density at radius 3 is 1.77 bits per heavy atom. The maximum absolute atomic E-state index is 13.7. The van der Waals surface area contributed by atoms with Gasteiger partial charge in [0.05, 0.1) is 5.56 Å². The maximum Gasteiger partial charge on any atom is 0.335 e. The summed E-state index contributed by atoms with van der Waals surface area (Å²) in [4.78, 5) is 39.8. The predicted octanol–water partition coefficient (Wildman–Crippen LogP) is 7.17. The van der Waals surface area contributed by atoms with Crippen molar-refractivity contribution in [2.24, 2.45) is 0 Å². The van der Waals surface area contributed by atoms with Gasteiger partial charge in [0.25, 0.3) is 0 Å². The molecule has 0 aromatic heterocycles. The zero-order chi connectivity index (χ0) is 27.7. The van der Waals surface area contributed by atoms with E-state index in [2.05, 4.69) is 18.1 Å². The van der Waals surface area contributed by atoms with Crippen LogP contribution in [0.5, 0.6) is 11.5 Å². The van der Waals surface area contributed by atoms with Gasteiger partial charge in [-0.15, -0.1) is 0 Å². The molecule has 39 heavy (non-hydrogen) atoms. The van der Waals surface area contributed by atoms with Crippen molar-refractivity contribution in [3.8, 4) is 22.6 Å². The predicted molar refractivity (Wildman–Crippen MR) is 151 cm³/mol. The fourth-order valence-corrected chi connectivity index (χ4v) is 4.55. The molecule has 0 saturated heterocycles. The lowest BCUT2D eigenvalue weighted by Crippen LogP contribution is -2.11. The molecule has 6 heteroatoms. The van der Waals surface area contributed by atoms with Gasteiger partial charge in [-0.25, -0.2) is 9.59 Å². The van der Waals surface area contributed by atoms with Crippen LogP contribution in [0.15, 0.2) is 104 Å². The van der Waals surface area contributed by atoms with Crippen LogP contribution >= 0.6 is 0 Å². The summed E-state index contributed by atoms with van der Waals surface area (Å²) in [6.45, 7) is 10.9. The van der Waals surface area contributed by atoms with Crippen LogP contribution in [-0.4, -0.2) is 17.7 Å². The molecule has 0 bridgehead atoms. The van der Waals surface area contributed by atoms with E-state index in [0.29, 0.717) is 16.7 Å². The molecule has 0 aliphatic heterocycles. The second-order valence-electron chi connectivity index (χ2n) is 9.16. The van der Waals surface area contributed by atoms with Gasteiger partial charge in [0.15, 0.2) is 5.78 Å². The first-order valence-corrected chi connectivity index (χ1v) is 12.3. The van der Waals surface area contributed by atoms with E-state index in [-0.39, 0.29) is 22.8 Å². The number of ketones is 1. The molecule has 0 saturated carbocycles. The Morgan fingerprint density at radius 1 is 0.667 bits per heavy atom. The summed E-state index contributed by atoms with van der Waals surface area (Å²) in [6.07, 6.45) is 2.03. The SMILES string of the molecule is C=CC(=O)Oc1cc(OC(=O)C=C)c2c(c1)-c1ccc(N(c3ccc(C)cc3)c3ccc(C)cc3)cc1C2=O. The lowest BCUT2D eigenvalue weighted by atomic mass is 10.0. The Kier molecular flexibility index (Phi) is 6.69. The number of benzene rings is 4. The minimum absolute atomic E-state index is 0.0130. The number of esters is 2. The molecule has 0 N–H and O–H groups in total. The van der Waals surface area contributed by atoms with Gasteiger partial charge in [0.1, 0.15) is 11.5 Å². The highest BCUT2D eigenvalue weighted by molar-refractivity contribution is 6.24. The molecule has 0 atom stereocenters. The summed E-state index contributed by atoms with van der Waals surface area (Å²) < 4.78 is 10.7. The van der Waals surface area contributed by atoms with Crippen LogP contribution in [0.4, 0.5) is 17.1 Å². The number of aryl methyl sites for hydroxylation is 2. The van der Waals surface area contributed by atoms with Crippen molar-refractivity contribution < 1.29 is 23.9 Å². The molecule has 192 valence electrons. The van der Waals surface area contributed by atoms with Crippen LogP contribution in [-0.2, 0) is 9.59 Å². The van der Waals surface area contributed by atoms with Crippen molar-refractivity contribution in [3.63, 3.8) is 0 Å². The van der Waals surface area contributed by atoms with Crippen LogP contribution in [0.2, 0.25) is 0 Å². The highest BCUT2D eigenvalue weighted by Crippen LogP contribution is 2.46. The largest absolute Gasteiger partial charge is 0.423 e. The molecule has 0 unspecified atom stereocenters. The van der Waals surface area contributed by atoms with Gasteiger partial charge in [-0.2, -0.15) is 0 Å². The highest BCUT2D eigenvalue weighted by atomic mass is 16.5. The zero-order valence-electron chi connectivity index (χ0n) is 21.6. The fourth-order valence-electron chi connectivity index (χ4n) is 4.55. The first kappa shape index (κ1) is 25.4. The molecular formula is C33H25NO5. The van der Waals surface area contributed by atoms with Crippen LogP contribution in [0.1, 0.15) is 27.0 Å². The molecule has 0 fully saturated rings. The van der Waals surface area contributed by atoms with E-state index in [1.807, 2.05) is 80.6 Å². The Morgan fingerprint density at radius 2 is 1.21 bits per heavy atom. The average Bonchev–Trinajstić information content (AvgIpc) is 3.22. The first-order chi connectivity index (χ1) is 18.8. The van der Waals surface area contributed by atoms with E-state index in [9.17, 15) is 14.4 Å². The Balaban J connectivity index is 1.65. The monoisotopic (exact) mass is 515 g/mol. The van der Waals surface area contributed by atoms with Gasteiger partial charge in [0, 0.05) is 46.4 Å². The summed E-state index contributed by atoms with van der Waals surface area (Å²) in [6, 6.07) is 24.8. The Hall–Kier alpha value is -5.23.